The molecule has 2 heterocycles. The van der Waals surface area contributed by atoms with Crippen LogP contribution in [0.4, 0.5) is 0 Å². The number of tetrazole rings is 1. The highest BCUT2D eigenvalue weighted by Crippen LogP contribution is 2.31. The van der Waals surface area contributed by atoms with Crippen molar-refractivity contribution in [1.29, 1.82) is 5.26 Å². The Balaban J connectivity index is 1.75. The predicted molar refractivity (Wildman–Crippen MR) is 97.5 cm³/mol. The number of nitrogens with zero attached hydrogens (tertiary/aromatic N) is 5. The first-order valence-electron chi connectivity index (χ1n) is 9.99. The number of rotatable bonds is 4. The number of benzene rings is 1. The summed E-state index contributed by atoms with van der Waals surface area (Å²) < 4.78 is 2.09. The van der Waals surface area contributed by atoms with Gasteiger partial charge in [-0.2, -0.15) is 5.26 Å². The molecule has 0 bridgehead atoms. The van der Waals surface area contributed by atoms with Gasteiger partial charge in [0.1, 0.15) is 0 Å². The zero-order chi connectivity index (χ0) is 17.8. The topological polar surface area (TPSA) is 71.8 Å². The Morgan fingerprint density at radius 3 is 2.58 bits per heavy atom. The number of hydrogen-bond acceptors (Lipinski definition) is 4. The molecule has 6 nitrogen and oxygen atoms in total. The summed E-state index contributed by atoms with van der Waals surface area (Å²) in [6.07, 6.45) is 9.95. The average Bonchev–Trinajstić information content (AvgIpc) is 3.30. The van der Waals surface area contributed by atoms with Crippen LogP contribution in [0.3, 0.4) is 0 Å². The van der Waals surface area contributed by atoms with E-state index >= 15 is 0 Å². The summed E-state index contributed by atoms with van der Waals surface area (Å²) in [5.74, 6) is 0.976. The highest BCUT2D eigenvalue weighted by molar-refractivity contribution is 5.35. The summed E-state index contributed by atoms with van der Waals surface area (Å²) in [5, 5.41) is 22.3. The summed E-state index contributed by atoms with van der Waals surface area (Å²) in [6.45, 7) is 2.28. The van der Waals surface area contributed by atoms with Crippen molar-refractivity contribution < 1.29 is 4.90 Å². The first-order chi connectivity index (χ1) is 12.9. The van der Waals surface area contributed by atoms with Crippen molar-refractivity contribution in [3.63, 3.8) is 0 Å². The fourth-order valence-corrected chi connectivity index (χ4v) is 4.63. The highest BCUT2D eigenvalue weighted by atomic mass is 15.6. The molecule has 1 N–H and O–H groups in total. The van der Waals surface area contributed by atoms with Crippen LogP contribution in [0.2, 0.25) is 0 Å². The van der Waals surface area contributed by atoms with Crippen LogP contribution in [0.15, 0.2) is 24.3 Å². The molecular formula is C20H27N6+. The minimum atomic E-state index is 0.108. The monoisotopic (exact) mass is 351 g/mol. The van der Waals surface area contributed by atoms with E-state index in [1.54, 1.807) is 0 Å². The third-order valence-corrected chi connectivity index (χ3v) is 5.95. The lowest BCUT2D eigenvalue weighted by atomic mass is 10.0. The van der Waals surface area contributed by atoms with Gasteiger partial charge in [0.15, 0.2) is 6.04 Å². The van der Waals surface area contributed by atoms with Gasteiger partial charge >= 0.3 is 0 Å². The SMILES string of the molecule is N#Cc1cccc([C@H](c2nnnn2C2CCCC2)[NH+]2CCCCCC2)c1. The Labute approximate surface area is 154 Å². The molecule has 1 aromatic carbocycles. The molecule has 0 radical (unpaired) electrons. The molecule has 4 rings (SSSR count). The van der Waals surface area contributed by atoms with E-state index in [2.05, 4.69) is 32.3 Å². The second-order valence-corrected chi connectivity index (χ2v) is 7.66. The van der Waals surface area contributed by atoms with E-state index in [9.17, 15) is 5.26 Å². The third-order valence-electron chi connectivity index (χ3n) is 5.95. The van der Waals surface area contributed by atoms with Crippen molar-refractivity contribution in [3.8, 4) is 6.07 Å². The number of nitrogens with one attached hydrogen (secondary N) is 1. The Morgan fingerprint density at radius 1 is 1.08 bits per heavy atom. The van der Waals surface area contributed by atoms with E-state index in [-0.39, 0.29) is 6.04 Å². The summed E-state index contributed by atoms with van der Waals surface area (Å²) >= 11 is 0. The van der Waals surface area contributed by atoms with Gasteiger partial charge in [0.05, 0.1) is 30.8 Å². The second kappa shape index (κ2) is 7.96. The number of nitriles is 1. The maximum atomic E-state index is 9.35. The Bertz CT molecular complexity index is 763. The van der Waals surface area contributed by atoms with Crippen molar-refractivity contribution >= 4 is 0 Å². The van der Waals surface area contributed by atoms with Crippen LogP contribution in [0.25, 0.3) is 0 Å². The van der Waals surface area contributed by atoms with Crippen LogP contribution in [0, 0.1) is 11.3 Å². The van der Waals surface area contributed by atoms with Crippen molar-refractivity contribution in [2.75, 3.05) is 13.1 Å². The lowest BCUT2D eigenvalue weighted by Gasteiger charge is -2.28. The number of quaternary nitrogens is 1. The zero-order valence-electron chi connectivity index (χ0n) is 15.3. The molecule has 0 spiro atoms. The maximum Gasteiger partial charge on any atom is 0.214 e. The van der Waals surface area contributed by atoms with Crippen LogP contribution in [0.5, 0.6) is 0 Å². The van der Waals surface area contributed by atoms with Crippen molar-refractivity contribution in [2.24, 2.45) is 0 Å². The molecule has 0 unspecified atom stereocenters. The number of aromatic nitrogens is 4. The largest absolute Gasteiger partial charge is 0.322 e. The average molecular weight is 351 g/mol. The van der Waals surface area contributed by atoms with E-state index in [1.165, 1.54) is 56.3 Å². The first kappa shape index (κ1) is 17.2. The Hall–Kier alpha value is -2.26. The second-order valence-electron chi connectivity index (χ2n) is 7.66. The van der Waals surface area contributed by atoms with Crippen molar-refractivity contribution in [3.05, 3.63) is 41.2 Å². The van der Waals surface area contributed by atoms with Gasteiger partial charge in [0.25, 0.3) is 0 Å². The highest BCUT2D eigenvalue weighted by Gasteiger charge is 2.34. The van der Waals surface area contributed by atoms with Crippen LogP contribution >= 0.6 is 0 Å². The fraction of sp³-hybridized carbons (Fsp3) is 0.600. The zero-order valence-corrected chi connectivity index (χ0v) is 15.3. The van der Waals surface area contributed by atoms with E-state index in [1.807, 2.05) is 18.2 Å². The molecule has 1 aliphatic heterocycles. The fourth-order valence-electron chi connectivity index (χ4n) is 4.63. The molecule has 1 aliphatic carbocycles. The molecule has 1 atom stereocenters. The number of hydrogen-bond donors (Lipinski definition) is 1. The van der Waals surface area contributed by atoms with E-state index in [0.717, 1.165) is 24.5 Å². The van der Waals surface area contributed by atoms with Gasteiger partial charge in [-0.1, -0.05) is 25.0 Å². The Kier molecular flexibility index (Phi) is 5.26. The molecule has 1 saturated carbocycles. The van der Waals surface area contributed by atoms with Crippen LogP contribution < -0.4 is 4.90 Å². The summed E-state index contributed by atoms with van der Waals surface area (Å²) in [6, 6.07) is 10.8. The molecule has 2 aromatic rings. The van der Waals surface area contributed by atoms with Gasteiger partial charge < -0.3 is 4.90 Å². The molecule has 136 valence electrons. The van der Waals surface area contributed by atoms with Gasteiger partial charge in [-0.05, 0) is 61.1 Å². The Morgan fingerprint density at radius 2 is 1.85 bits per heavy atom. The maximum absolute atomic E-state index is 9.35. The number of likely N-dealkylation sites (tertiary alicyclic amines) is 1. The smallest absolute Gasteiger partial charge is 0.214 e. The van der Waals surface area contributed by atoms with Crippen molar-refractivity contribution in [2.45, 2.75) is 63.5 Å². The first-order valence-corrected chi connectivity index (χ1v) is 9.99. The van der Waals surface area contributed by atoms with Crippen LogP contribution in [0.1, 0.15) is 80.4 Å². The van der Waals surface area contributed by atoms with E-state index in [4.69, 9.17) is 0 Å². The molecule has 1 aromatic heterocycles. The quantitative estimate of drug-likeness (QED) is 0.917. The van der Waals surface area contributed by atoms with Gasteiger partial charge in [-0.3, -0.25) is 0 Å². The lowest BCUT2D eigenvalue weighted by Crippen LogP contribution is -3.12. The molecule has 1 saturated heterocycles. The van der Waals surface area contributed by atoms with Gasteiger partial charge in [0, 0.05) is 5.56 Å². The normalized spacial score (nSPS) is 20.6. The lowest BCUT2D eigenvalue weighted by molar-refractivity contribution is -0.925. The van der Waals surface area contributed by atoms with Crippen LogP contribution in [-0.4, -0.2) is 33.3 Å². The molecule has 2 aliphatic rings. The van der Waals surface area contributed by atoms with Gasteiger partial charge in [0.2, 0.25) is 5.82 Å². The molecular weight excluding hydrogens is 324 g/mol. The standard InChI is InChI=1S/C20H26N6/c21-15-16-8-7-9-17(14-16)19(25-12-5-1-2-6-13-25)20-22-23-24-26(20)18-10-3-4-11-18/h7-9,14,18-19H,1-6,10-13H2/p+1/t19-/m1/s1. The van der Waals surface area contributed by atoms with Crippen molar-refractivity contribution in [1.82, 2.24) is 20.2 Å². The van der Waals surface area contributed by atoms with E-state index < -0.39 is 0 Å². The van der Waals surface area contributed by atoms with E-state index in [0.29, 0.717) is 11.6 Å². The minimum absolute atomic E-state index is 0.108. The molecule has 2 fully saturated rings. The van der Waals surface area contributed by atoms with Gasteiger partial charge in [-0.15, -0.1) is 5.10 Å². The summed E-state index contributed by atoms with van der Waals surface area (Å²) in [7, 11) is 0. The summed E-state index contributed by atoms with van der Waals surface area (Å²) in [4.78, 5) is 1.53. The summed E-state index contributed by atoms with van der Waals surface area (Å²) in [5.41, 5.74) is 1.87. The molecule has 0 amide bonds. The van der Waals surface area contributed by atoms with Gasteiger partial charge in [-0.25, -0.2) is 4.68 Å². The molecule has 6 heteroatoms. The van der Waals surface area contributed by atoms with Crippen LogP contribution in [-0.2, 0) is 0 Å². The third kappa shape index (κ3) is 3.49. The molecule has 26 heavy (non-hydrogen) atoms. The predicted octanol–water partition coefficient (Wildman–Crippen LogP) is 2.21. The minimum Gasteiger partial charge on any atom is -0.322 e.